The molecule has 0 unspecified atom stereocenters. The summed E-state index contributed by atoms with van der Waals surface area (Å²) in [5.41, 5.74) is 2.01. The van der Waals surface area contributed by atoms with Gasteiger partial charge in [0.2, 0.25) is 11.1 Å². The third-order valence-corrected chi connectivity index (χ3v) is 4.49. The van der Waals surface area contributed by atoms with Crippen LogP contribution in [-0.2, 0) is 9.53 Å². The number of tetrazole rings is 1. The predicted molar refractivity (Wildman–Crippen MR) is 86.6 cm³/mol. The fourth-order valence-electron chi connectivity index (χ4n) is 2.40. The summed E-state index contributed by atoms with van der Waals surface area (Å²) in [5, 5.41) is 15.2. The Morgan fingerprint density at radius 3 is 3.22 bits per heavy atom. The van der Waals surface area contributed by atoms with Crippen LogP contribution in [0.5, 0.6) is 0 Å². The zero-order valence-corrected chi connectivity index (χ0v) is 13.8. The fourth-order valence-corrected chi connectivity index (χ4v) is 3.13. The smallest absolute Gasteiger partial charge is 0.230 e. The van der Waals surface area contributed by atoms with Crippen LogP contribution in [0, 0.1) is 6.92 Å². The van der Waals surface area contributed by atoms with Crippen LogP contribution < -0.4 is 5.32 Å². The Labute approximate surface area is 138 Å². The SMILES string of the molecule is Cc1cccc(-n2nnnc2SCC(=O)NC[C@H]2CCCO2)c1. The molecule has 1 aromatic carbocycles. The number of nitrogens with zero attached hydrogens (tertiary/aromatic N) is 4. The van der Waals surface area contributed by atoms with Crippen LogP contribution in [0.25, 0.3) is 5.69 Å². The first-order valence-electron chi connectivity index (χ1n) is 7.59. The molecule has 1 aliphatic rings. The molecule has 2 aromatic rings. The molecule has 1 aromatic heterocycles. The average Bonchev–Trinajstić information content (AvgIpc) is 3.22. The number of aromatic nitrogens is 4. The number of carbonyl (C=O) groups excluding carboxylic acids is 1. The maximum Gasteiger partial charge on any atom is 0.230 e. The standard InChI is InChI=1S/C15H19N5O2S/c1-11-4-2-5-12(8-11)20-15(17-18-19-20)23-10-14(21)16-9-13-6-3-7-22-13/h2,4-5,8,13H,3,6-7,9-10H2,1H3,(H,16,21)/t13-/m1/s1. The number of aryl methyl sites for hydroxylation is 1. The Kier molecular flexibility index (Phi) is 5.24. The van der Waals surface area contributed by atoms with Crippen LogP contribution in [0.4, 0.5) is 0 Å². The van der Waals surface area contributed by atoms with Gasteiger partial charge in [-0.25, -0.2) is 0 Å². The molecular formula is C15H19N5O2S. The van der Waals surface area contributed by atoms with Gasteiger partial charge < -0.3 is 10.1 Å². The Hall–Kier alpha value is -1.93. The summed E-state index contributed by atoms with van der Waals surface area (Å²) >= 11 is 1.32. The largest absolute Gasteiger partial charge is 0.376 e. The molecule has 122 valence electrons. The summed E-state index contributed by atoms with van der Waals surface area (Å²) in [4.78, 5) is 11.9. The van der Waals surface area contributed by atoms with Crippen molar-refractivity contribution < 1.29 is 9.53 Å². The van der Waals surface area contributed by atoms with E-state index in [0.29, 0.717) is 11.7 Å². The highest BCUT2D eigenvalue weighted by Crippen LogP contribution is 2.18. The molecule has 3 rings (SSSR count). The first kappa shape index (κ1) is 15.9. The van der Waals surface area contributed by atoms with E-state index >= 15 is 0 Å². The third kappa shape index (κ3) is 4.29. The second-order valence-electron chi connectivity index (χ2n) is 5.44. The molecule has 1 saturated heterocycles. The Balaban J connectivity index is 1.54. The average molecular weight is 333 g/mol. The van der Waals surface area contributed by atoms with Gasteiger partial charge in [0.05, 0.1) is 17.5 Å². The Morgan fingerprint density at radius 1 is 1.52 bits per heavy atom. The maximum atomic E-state index is 11.9. The zero-order valence-electron chi connectivity index (χ0n) is 12.9. The zero-order chi connectivity index (χ0) is 16.1. The number of amides is 1. The number of thioether (sulfide) groups is 1. The van der Waals surface area contributed by atoms with E-state index < -0.39 is 0 Å². The van der Waals surface area contributed by atoms with Crippen molar-refractivity contribution in [3.63, 3.8) is 0 Å². The van der Waals surface area contributed by atoms with Gasteiger partial charge in [0.15, 0.2) is 0 Å². The summed E-state index contributed by atoms with van der Waals surface area (Å²) in [7, 11) is 0. The topological polar surface area (TPSA) is 81.9 Å². The first-order chi connectivity index (χ1) is 11.2. The van der Waals surface area contributed by atoms with Crippen molar-refractivity contribution in [1.82, 2.24) is 25.5 Å². The first-order valence-corrected chi connectivity index (χ1v) is 8.57. The second-order valence-corrected chi connectivity index (χ2v) is 6.38. The van der Waals surface area contributed by atoms with Crippen molar-refractivity contribution >= 4 is 17.7 Å². The van der Waals surface area contributed by atoms with E-state index in [1.807, 2.05) is 31.2 Å². The van der Waals surface area contributed by atoms with Gasteiger partial charge in [0, 0.05) is 13.2 Å². The highest BCUT2D eigenvalue weighted by Gasteiger charge is 2.17. The normalized spacial score (nSPS) is 17.3. The molecule has 1 amide bonds. The molecule has 7 nitrogen and oxygen atoms in total. The number of hydrogen-bond donors (Lipinski definition) is 1. The van der Waals surface area contributed by atoms with Crippen LogP contribution in [0.2, 0.25) is 0 Å². The van der Waals surface area contributed by atoms with E-state index in [0.717, 1.165) is 30.7 Å². The van der Waals surface area contributed by atoms with E-state index in [-0.39, 0.29) is 17.8 Å². The van der Waals surface area contributed by atoms with Crippen molar-refractivity contribution in [2.24, 2.45) is 0 Å². The van der Waals surface area contributed by atoms with E-state index in [1.165, 1.54) is 11.8 Å². The summed E-state index contributed by atoms with van der Waals surface area (Å²) in [6.45, 7) is 3.38. The number of benzene rings is 1. The molecule has 23 heavy (non-hydrogen) atoms. The van der Waals surface area contributed by atoms with E-state index in [4.69, 9.17) is 4.74 Å². The minimum atomic E-state index is -0.0377. The van der Waals surface area contributed by atoms with Crippen LogP contribution >= 0.6 is 11.8 Å². The monoisotopic (exact) mass is 333 g/mol. The van der Waals surface area contributed by atoms with Crippen LogP contribution in [0.1, 0.15) is 18.4 Å². The maximum absolute atomic E-state index is 11.9. The fraction of sp³-hybridized carbons (Fsp3) is 0.467. The van der Waals surface area contributed by atoms with Crippen molar-refractivity contribution in [2.75, 3.05) is 18.9 Å². The lowest BCUT2D eigenvalue weighted by Crippen LogP contribution is -2.32. The minimum absolute atomic E-state index is 0.0377. The van der Waals surface area contributed by atoms with Gasteiger partial charge in [-0.2, -0.15) is 4.68 Å². The molecule has 0 radical (unpaired) electrons. The summed E-state index contributed by atoms with van der Waals surface area (Å²) in [5.74, 6) is 0.239. The van der Waals surface area contributed by atoms with Crippen molar-refractivity contribution in [3.05, 3.63) is 29.8 Å². The molecule has 8 heteroatoms. The molecule has 2 heterocycles. The Bertz CT molecular complexity index is 669. The third-order valence-electron chi connectivity index (χ3n) is 3.57. The number of nitrogens with one attached hydrogen (secondary N) is 1. The van der Waals surface area contributed by atoms with Crippen LogP contribution in [0.15, 0.2) is 29.4 Å². The highest BCUT2D eigenvalue weighted by molar-refractivity contribution is 7.99. The van der Waals surface area contributed by atoms with Gasteiger partial charge in [-0.05, 0) is 47.9 Å². The molecule has 0 bridgehead atoms. The molecule has 0 saturated carbocycles. The summed E-state index contributed by atoms with van der Waals surface area (Å²) in [6.07, 6.45) is 2.24. The lowest BCUT2D eigenvalue weighted by Gasteiger charge is -2.10. The van der Waals surface area contributed by atoms with Crippen molar-refractivity contribution in [2.45, 2.75) is 31.0 Å². The molecule has 1 fully saturated rings. The molecule has 1 N–H and O–H groups in total. The second kappa shape index (κ2) is 7.56. The van der Waals surface area contributed by atoms with Gasteiger partial charge >= 0.3 is 0 Å². The molecule has 0 aliphatic carbocycles. The number of carbonyl (C=O) groups is 1. The lowest BCUT2D eigenvalue weighted by molar-refractivity contribution is -0.119. The van der Waals surface area contributed by atoms with Gasteiger partial charge in [0.25, 0.3) is 0 Å². The minimum Gasteiger partial charge on any atom is -0.376 e. The summed E-state index contributed by atoms with van der Waals surface area (Å²) < 4.78 is 7.13. The quantitative estimate of drug-likeness (QED) is 0.804. The summed E-state index contributed by atoms with van der Waals surface area (Å²) in [6, 6.07) is 7.90. The molecule has 1 atom stereocenters. The van der Waals surface area contributed by atoms with Gasteiger partial charge in [-0.1, -0.05) is 23.9 Å². The van der Waals surface area contributed by atoms with E-state index in [1.54, 1.807) is 4.68 Å². The Morgan fingerprint density at radius 2 is 2.43 bits per heavy atom. The van der Waals surface area contributed by atoms with E-state index in [9.17, 15) is 4.79 Å². The predicted octanol–water partition coefficient (Wildman–Crippen LogP) is 1.36. The number of ether oxygens (including phenoxy) is 1. The molecule has 0 spiro atoms. The van der Waals surface area contributed by atoms with Gasteiger partial charge in [-0.3, -0.25) is 4.79 Å². The van der Waals surface area contributed by atoms with Crippen molar-refractivity contribution in [1.29, 1.82) is 0 Å². The lowest BCUT2D eigenvalue weighted by atomic mass is 10.2. The number of rotatable bonds is 6. The van der Waals surface area contributed by atoms with E-state index in [2.05, 4.69) is 20.8 Å². The molecular weight excluding hydrogens is 314 g/mol. The molecule has 1 aliphatic heterocycles. The van der Waals surface area contributed by atoms with Gasteiger partial charge in [-0.15, -0.1) is 5.10 Å². The highest BCUT2D eigenvalue weighted by atomic mass is 32.2. The van der Waals surface area contributed by atoms with Crippen molar-refractivity contribution in [3.8, 4) is 5.69 Å². The van der Waals surface area contributed by atoms with Crippen LogP contribution in [-0.4, -0.2) is 51.1 Å². The van der Waals surface area contributed by atoms with Crippen LogP contribution in [0.3, 0.4) is 0 Å². The van der Waals surface area contributed by atoms with Gasteiger partial charge in [0.1, 0.15) is 0 Å². The number of hydrogen-bond acceptors (Lipinski definition) is 6.